The van der Waals surface area contributed by atoms with Crippen molar-refractivity contribution in [2.45, 2.75) is 32.7 Å². The minimum Gasteiger partial charge on any atom is -0.372 e. The molecular formula is C13H20N2. The van der Waals surface area contributed by atoms with Gasteiger partial charge in [-0.15, -0.1) is 0 Å². The normalized spacial score (nSPS) is 17.4. The summed E-state index contributed by atoms with van der Waals surface area (Å²) < 4.78 is 0. The summed E-state index contributed by atoms with van der Waals surface area (Å²) in [6.07, 6.45) is 2.49. The Labute approximate surface area is 92.1 Å². The molecule has 82 valence electrons. The fourth-order valence-corrected chi connectivity index (χ4v) is 2.28. The van der Waals surface area contributed by atoms with Gasteiger partial charge in [0.2, 0.25) is 0 Å². The molecule has 1 atom stereocenters. The van der Waals surface area contributed by atoms with Crippen molar-refractivity contribution in [1.29, 1.82) is 0 Å². The first-order valence-corrected chi connectivity index (χ1v) is 5.85. The number of nitrogens with two attached hydrogens (primary N) is 1. The minimum absolute atomic E-state index is 0.135. The lowest BCUT2D eigenvalue weighted by Crippen LogP contribution is -2.29. The molecule has 2 heteroatoms. The zero-order chi connectivity index (χ0) is 10.8. The molecule has 2 rings (SSSR count). The average Bonchev–Trinajstić information content (AvgIpc) is 2.27. The van der Waals surface area contributed by atoms with Gasteiger partial charge < -0.3 is 10.6 Å². The molecule has 1 aliphatic rings. The number of nitrogens with zero attached hydrogens (tertiary/aromatic N) is 1. The number of benzene rings is 1. The van der Waals surface area contributed by atoms with Crippen molar-refractivity contribution in [2.24, 2.45) is 5.73 Å². The third-order valence-electron chi connectivity index (χ3n) is 3.23. The Hall–Kier alpha value is -1.02. The molecule has 1 aliphatic heterocycles. The lowest BCUT2D eigenvalue weighted by atomic mass is 9.97. The summed E-state index contributed by atoms with van der Waals surface area (Å²) in [6, 6.07) is 6.82. The van der Waals surface area contributed by atoms with Crippen molar-refractivity contribution in [3.05, 3.63) is 29.3 Å². The maximum absolute atomic E-state index is 5.92. The van der Waals surface area contributed by atoms with Gasteiger partial charge in [-0.25, -0.2) is 0 Å². The molecule has 0 fully saturated rings. The van der Waals surface area contributed by atoms with Gasteiger partial charge >= 0.3 is 0 Å². The van der Waals surface area contributed by atoms with Gasteiger partial charge in [0, 0.05) is 24.8 Å². The van der Waals surface area contributed by atoms with Gasteiger partial charge in [0.15, 0.2) is 0 Å². The highest BCUT2D eigenvalue weighted by molar-refractivity contribution is 5.57. The first-order chi connectivity index (χ1) is 7.22. The summed E-state index contributed by atoms with van der Waals surface area (Å²) in [4.78, 5) is 2.45. The number of rotatable bonds is 2. The molecular weight excluding hydrogens is 184 g/mol. The largest absolute Gasteiger partial charge is 0.372 e. The maximum Gasteiger partial charge on any atom is 0.0402 e. The van der Waals surface area contributed by atoms with Gasteiger partial charge in [-0.2, -0.15) is 0 Å². The predicted molar refractivity (Wildman–Crippen MR) is 65.3 cm³/mol. The number of hydrogen-bond donors (Lipinski definition) is 1. The lowest BCUT2D eigenvalue weighted by Gasteiger charge is -2.31. The van der Waals surface area contributed by atoms with Crippen LogP contribution in [0.5, 0.6) is 0 Å². The summed E-state index contributed by atoms with van der Waals surface area (Å²) in [5.74, 6) is 0. The monoisotopic (exact) mass is 204 g/mol. The molecule has 0 saturated heterocycles. The van der Waals surface area contributed by atoms with Gasteiger partial charge in [0.1, 0.15) is 0 Å². The van der Waals surface area contributed by atoms with E-state index in [9.17, 15) is 0 Å². The summed E-state index contributed by atoms with van der Waals surface area (Å²) in [6.45, 7) is 6.54. The Morgan fingerprint density at radius 3 is 2.93 bits per heavy atom. The molecule has 1 aromatic rings. The van der Waals surface area contributed by atoms with Gasteiger partial charge in [-0.05, 0) is 43.9 Å². The van der Waals surface area contributed by atoms with Crippen LogP contribution < -0.4 is 10.6 Å². The second-order valence-corrected chi connectivity index (χ2v) is 4.36. The third-order valence-corrected chi connectivity index (χ3v) is 3.23. The van der Waals surface area contributed by atoms with Crippen molar-refractivity contribution in [1.82, 2.24) is 0 Å². The molecule has 2 nitrogen and oxygen atoms in total. The summed E-state index contributed by atoms with van der Waals surface area (Å²) in [7, 11) is 0. The van der Waals surface area contributed by atoms with Gasteiger partial charge in [0.25, 0.3) is 0 Å². The van der Waals surface area contributed by atoms with Crippen LogP contribution in [-0.4, -0.2) is 13.1 Å². The number of fused-ring (bicyclic) bond motifs is 1. The summed E-state index contributed by atoms with van der Waals surface area (Å²) in [5.41, 5.74) is 10.0. The van der Waals surface area contributed by atoms with E-state index in [-0.39, 0.29) is 6.04 Å². The average molecular weight is 204 g/mol. The molecule has 0 aromatic heterocycles. The number of aryl methyl sites for hydroxylation is 1. The minimum atomic E-state index is 0.135. The van der Waals surface area contributed by atoms with Gasteiger partial charge in [0.05, 0.1) is 0 Å². The second kappa shape index (κ2) is 4.23. The standard InChI is InChI=1S/C13H20N2/c1-3-15-8-4-5-11-6-7-12(10(2)14)9-13(11)15/h6-7,9-10H,3-5,8,14H2,1-2H3. The topological polar surface area (TPSA) is 29.3 Å². The molecule has 0 spiro atoms. The third kappa shape index (κ3) is 2.00. The highest BCUT2D eigenvalue weighted by Crippen LogP contribution is 2.29. The molecule has 15 heavy (non-hydrogen) atoms. The Bertz CT molecular complexity index is 344. The van der Waals surface area contributed by atoms with Crippen LogP contribution in [0, 0.1) is 0 Å². The van der Waals surface area contributed by atoms with Crippen LogP contribution in [0.1, 0.15) is 37.4 Å². The quantitative estimate of drug-likeness (QED) is 0.802. The SMILES string of the molecule is CCN1CCCc2ccc(C(C)N)cc21. The molecule has 0 saturated carbocycles. The zero-order valence-electron chi connectivity index (χ0n) is 9.66. The predicted octanol–water partition coefficient (Wildman–Crippen LogP) is 2.48. The maximum atomic E-state index is 5.92. The second-order valence-electron chi connectivity index (χ2n) is 4.36. The van der Waals surface area contributed by atoms with Crippen LogP contribution in [-0.2, 0) is 6.42 Å². The molecule has 1 aromatic carbocycles. The molecule has 0 amide bonds. The highest BCUT2D eigenvalue weighted by atomic mass is 15.1. The summed E-state index contributed by atoms with van der Waals surface area (Å²) >= 11 is 0. The van der Waals surface area contributed by atoms with Crippen molar-refractivity contribution >= 4 is 5.69 Å². The van der Waals surface area contributed by atoms with Crippen LogP contribution in [0.25, 0.3) is 0 Å². The Kier molecular flexibility index (Phi) is 2.96. The van der Waals surface area contributed by atoms with Crippen LogP contribution in [0.2, 0.25) is 0 Å². The zero-order valence-corrected chi connectivity index (χ0v) is 9.66. The van der Waals surface area contributed by atoms with Crippen molar-refractivity contribution < 1.29 is 0 Å². The van der Waals surface area contributed by atoms with E-state index >= 15 is 0 Å². The van der Waals surface area contributed by atoms with E-state index in [2.05, 4.69) is 30.0 Å². The van der Waals surface area contributed by atoms with Crippen LogP contribution >= 0.6 is 0 Å². The molecule has 2 N–H and O–H groups in total. The molecule has 0 bridgehead atoms. The van der Waals surface area contributed by atoms with E-state index < -0.39 is 0 Å². The smallest absolute Gasteiger partial charge is 0.0402 e. The van der Waals surface area contributed by atoms with Crippen LogP contribution in [0.3, 0.4) is 0 Å². The summed E-state index contributed by atoms with van der Waals surface area (Å²) in [5, 5.41) is 0. The lowest BCUT2D eigenvalue weighted by molar-refractivity contribution is 0.704. The fraction of sp³-hybridized carbons (Fsp3) is 0.538. The number of hydrogen-bond acceptors (Lipinski definition) is 2. The van der Waals surface area contributed by atoms with E-state index in [0.717, 1.165) is 6.54 Å². The fourth-order valence-electron chi connectivity index (χ4n) is 2.28. The van der Waals surface area contributed by atoms with Gasteiger partial charge in [-0.1, -0.05) is 12.1 Å². The highest BCUT2D eigenvalue weighted by Gasteiger charge is 2.16. The van der Waals surface area contributed by atoms with Crippen LogP contribution in [0.15, 0.2) is 18.2 Å². The van der Waals surface area contributed by atoms with Crippen molar-refractivity contribution in [3.8, 4) is 0 Å². The van der Waals surface area contributed by atoms with E-state index in [4.69, 9.17) is 5.73 Å². The first kappa shape index (κ1) is 10.5. The van der Waals surface area contributed by atoms with E-state index in [1.807, 2.05) is 6.92 Å². The van der Waals surface area contributed by atoms with Crippen LogP contribution in [0.4, 0.5) is 5.69 Å². The molecule has 0 radical (unpaired) electrons. The Balaban J connectivity index is 2.39. The van der Waals surface area contributed by atoms with E-state index in [0.29, 0.717) is 0 Å². The molecule has 1 unspecified atom stereocenters. The van der Waals surface area contributed by atoms with Crippen molar-refractivity contribution in [3.63, 3.8) is 0 Å². The van der Waals surface area contributed by atoms with Crippen molar-refractivity contribution in [2.75, 3.05) is 18.0 Å². The number of anilines is 1. The Morgan fingerprint density at radius 2 is 2.27 bits per heavy atom. The van der Waals surface area contributed by atoms with E-state index in [1.165, 1.54) is 36.2 Å². The first-order valence-electron chi connectivity index (χ1n) is 5.85. The van der Waals surface area contributed by atoms with E-state index in [1.54, 1.807) is 0 Å². The molecule has 0 aliphatic carbocycles. The van der Waals surface area contributed by atoms with Gasteiger partial charge in [-0.3, -0.25) is 0 Å². The molecule has 1 heterocycles. The Morgan fingerprint density at radius 1 is 1.47 bits per heavy atom.